The van der Waals surface area contributed by atoms with Gasteiger partial charge in [0.2, 0.25) is 11.8 Å². The minimum atomic E-state index is -0.855. The zero-order valence-corrected chi connectivity index (χ0v) is 16.0. The molecule has 0 aromatic heterocycles. The highest BCUT2D eigenvalue weighted by Gasteiger charge is 2.52. The number of morpholine rings is 1. The number of carbonyl (C=O) groups excluding carboxylic acids is 4. The van der Waals surface area contributed by atoms with E-state index < -0.39 is 17.5 Å². The molecule has 0 atom stereocenters. The molecule has 1 N–H and O–H groups in total. The second kappa shape index (κ2) is 7.84. The number of imide groups is 1. The average Bonchev–Trinajstić information content (AvgIpc) is 2.89. The molecular formula is C18H28N4O5. The van der Waals surface area contributed by atoms with Crippen molar-refractivity contribution in [2.45, 2.75) is 38.1 Å². The number of urea groups is 1. The van der Waals surface area contributed by atoms with Gasteiger partial charge in [-0.15, -0.1) is 0 Å². The largest absolute Gasteiger partial charge is 0.378 e. The van der Waals surface area contributed by atoms with E-state index in [4.69, 9.17) is 4.74 Å². The molecule has 3 rings (SSSR count). The van der Waals surface area contributed by atoms with E-state index >= 15 is 0 Å². The van der Waals surface area contributed by atoms with Crippen molar-refractivity contribution in [1.82, 2.24) is 20.0 Å². The highest BCUT2D eigenvalue weighted by Crippen LogP contribution is 2.36. The van der Waals surface area contributed by atoms with E-state index in [1.807, 2.05) is 0 Å². The summed E-state index contributed by atoms with van der Waals surface area (Å²) in [6, 6.07) is -0.518. The summed E-state index contributed by atoms with van der Waals surface area (Å²) in [5.41, 5.74) is -0.855. The molecule has 5 amide bonds. The van der Waals surface area contributed by atoms with Gasteiger partial charge < -0.3 is 19.9 Å². The SMILES string of the molecule is CC1CCC2(CC1)NC(=O)N(CC(=O)N(C)CC(=O)N1CCOCC1)C2=O. The molecule has 1 saturated carbocycles. The quantitative estimate of drug-likeness (QED) is 0.681. The van der Waals surface area contributed by atoms with Crippen LogP contribution in [0.5, 0.6) is 0 Å². The topological polar surface area (TPSA) is 99.3 Å². The number of amides is 5. The lowest BCUT2D eigenvalue weighted by molar-refractivity contribution is -0.143. The maximum Gasteiger partial charge on any atom is 0.325 e. The summed E-state index contributed by atoms with van der Waals surface area (Å²) in [5.74, 6) is -0.376. The van der Waals surface area contributed by atoms with E-state index in [-0.39, 0.29) is 24.9 Å². The van der Waals surface area contributed by atoms with Gasteiger partial charge in [0.1, 0.15) is 12.1 Å². The first-order valence-corrected chi connectivity index (χ1v) is 9.56. The maximum absolute atomic E-state index is 12.8. The van der Waals surface area contributed by atoms with Crippen LogP contribution in [0.4, 0.5) is 4.79 Å². The molecule has 150 valence electrons. The number of likely N-dealkylation sites (N-methyl/N-ethyl adjacent to an activating group) is 1. The summed E-state index contributed by atoms with van der Waals surface area (Å²) in [6.07, 6.45) is 2.97. The fourth-order valence-corrected chi connectivity index (χ4v) is 3.87. The van der Waals surface area contributed by atoms with E-state index in [0.29, 0.717) is 45.1 Å². The van der Waals surface area contributed by atoms with Gasteiger partial charge in [-0.25, -0.2) is 4.79 Å². The lowest BCUT2D eigenvalue weighted by atomic mass is 9.77. The van der Waals surface area contributed by atoms with Crippen LogP contribution in [-0.2, 0) is 19.1 Å². The Morgan fingerprint density at radius 1 is 1.22 bits per heavy atom. The zero-order chi connectivity index (χ0) is 19.6. The van der Waals surface area contributed by atoms with Gasteiger partial charge >= 0.3 is 6.03 Å². The van der Waals surface area contributed by atoms with Crippen molar-refractivity contribution in [3.8, 4) is 0 Å². The first-order chi connectivity index (χ1) is 12.8. The van der Waals surface area contributed by atoms with Gasteiger partial charge in [0.25, 0.3) is 5.91 Å². The Balaban J connectivity index is 1.56. The van der Waals surface area contributed by atoms with Crippen molar-refractivity contribution in [3.05, 3.63) is 0 Å². The van der Waals surface area contributed by atoms with Crippen molar-refractivity contribution in [2.75, 3.05) is 46.4 Å². The molecule has 9 nitrogen and oxygen atoms in total. The average molecular weight is 380 g/mol. The Labute approximate surface area is 159 Å². The van der Waals surface area contributed by atoms with Gasteiger partial charge in [-0.2, -0.15) is 0 Å². The molecule has 2 heterocycles. The number of carbonyl (C=O) groups is 4. The van der Waals surface area contributed by atoms with Crippen LogP contribution in [0, 0.1) is 5.92 Å². The third kappa shape index (κ3) is 4.07. The first kappa shape index (κ1) is 19.6. The van der Waals surface area contributed by atoms with E-state index in [2.05, 4.69) is 12.2 Å². The smallest absolute Gasteiger partial charge is 0.325 e. The highest BCUT2D eigenvalue weighted by atomic mass is 16.5. The summed E-state index contributed by atoms with van der Waals surface area (Å²) in [5, 5.41) is 2.80. The second-order valence-electron chi connectivity index (χ2n) is 7.83. The van der Waals surface area contributed by atoms with Crippen LogP contribution in [-0.4, -0.2) is 90.4 Å². The number of ether oxygens (including phenoxy) is 1. The van der Waals surface area contributed by atoms with Crippen molar-refractivity contribution < 1.29 is 23.9 Å². The summed E-state index contributed by atoms with van der Waals surface area (Å²) in [6.45, 7) is 3.72. The van der Waals surface area contributed by atoms with Crippen LogP contribution in [0.2, 0.25) is 0 Å². The number of hydrogen-bond donors (Lipinski definition) is 1. The van der Waals surface area contributed by atoms with Crippen LogP contribution >= 0.6 is 0 Å². The molecule has 3 aliphatic rings. The van der Waals surface area contributed by atoms with Gasteiger partial charge in [0.05, 0.1) is 19.8 Å². The summed E-state index contributed by atoms with van der Waals surface area (Å²) in [7, 11) is 1.51. The Morgan fingerprint density at radius 2 is 1.85 bits per heavy atom. The lowest BCUT2D eigenvalue weighted by Gasteiger charge is -2.33. The minimum Gasteiger partial charge on any atom is -0.378 e. The molecule has 27 heavy (non-hydrogen) atoms. The molecule has 1 aliphatic carbocycles. The molecule has 2 aliphatic heterocycles. The van der Waals surface area contributed by atoms with Crippen LogP contribution in [0.15, 0.2) is 0 Å². The van der Waals surface area contributed by atoms with Crippen molar-refractivity contribution in [2.24, 2.45) is 5.92 Å². The fourth-order valence-electron chi connectivity index (χ4n) is 3.87. The summed E-state index contributed by atoms with van der Waals surface area (Å²) >= 11 is 0. The van der Waals surface area contributed by atoms with Crippen molar-refractivity contribution in [1.29, 1.82) is 0 Å². The number of nitrogens with zero attached hydrogens (tertiary/aromatic N) is 3. The molecular weight excluding hydrogens is 352 g/mol. The maximum atomic E-state index is 12.8. The molecule has 0 unspecified atom stereocenters. The molecule has 9 heteroatoms. The predicted molar refractivity (Wildman–Crippen MR) is 95.6 cm³/mol. The molecule has 0 aromatic carbocycles. The van der Waals surface area contributed by atoms with Crippen LogP contribution in [0.3, 0.4) is 0 Å². The van der Waals surface area contributed by atoms with Crippen LogP contribution in [0.25, 0.3) is 0 Å². The van der Waals surface area contributed by atoms with E-state index in [9.17, 15) is 19.2 Å². The monoisotopic (exact) mass is 380 g/mol. The van der Waals surface area contributed by atoms with E-state index in [0.717, 1.165) is 17.7 Å². The van der Waals surface area contributed by atoms with Crippen LogP contribution in [0.1, 0.15) is 32.6 Å². The Kier molecular flexibility index (Phi) is 5.69. The normalized spacial score (nSPS) is 28.4. The Bertz CT molecular complexity index is 623. The molecule has 3 fully saturated rings. The van der Waals surface area contributed by atoms with Crippen molar-refractivity contribution >= 4 is 23.8 Å². The molecule has 1 spiro atoms. The summed E-state index contributed by atoms with van der Waals surface area (Å²) in [4.78, 5) is 53.8. The standard InChI is InChI=1S/C18H28N4O5/c1-13-3-5-18(6-4-13)16(25)22(17(26)19-18)12-14(23)20(2)11-15(24)21-7-9-27-10-8-21/h13H,3-12H2,1-2H3,(H,19,26). The first-order valence-electron chi connectivity index (χ1n) is 9.56. The zero-order valence-electron chi connectivity index (χ0n) is 16.0. The Hall–Kier alpha value is -2.16. The molecule has 0 bridgehead atoms. The molecule has 2 saturated heterocycles. The number of rotatable bonds is 4. The second-order valence-corrected chi connectivity index (χ2v) is 7.83. The van der Waals surface area contributed by atoms with E-state index in [1.54, 1.807) is 4.90 Å². The van der Waals surface area contributed by atoms with Gasteiger partial charge in [0, 0.05) is 20.1 Å². The van der Waals surface area contributed by atoms with Gasteiger partial charge in [-0.05, 0) is 31.6 Å². The third-order valence-corrected chi connectivity index (χ3v) is 5.83. The van der Waals surface area contributed by atoms with Gasteiger partial charge in [-0.3, -0.25) is 19.3 Å². The highest BCUT2D eigenvalue weighted by molar-refractivity contribution is 6.09. The summed E-state index contributed by atoms with van der Waals surface area (Å²) < 4.78 is 5.21. The third-order valence-electron chi connectivity index (χ3n) is 5.83. The van der Waals surface area contributed by atoms with E-state index in [1.165, 1.54) is 11.9 Å². The minimum absolute atomic E-state index is 0.0782. The lowest BCUT2D eigenvalue weighted by Crippen LogP contribution is -2.50. The molecule has 0 radical (unpaired) electrons. The number of hydrogen-bond acceptors (Lipinski definition) is 5. The Morgan fingerprint density at radius 3 is 2.48 bits per heavy atom. The molecule has 0 aromatic rings. The fraction of sp³-hybridized carbons (Fsp3) is 0.778. The van der Waals surface area contributed by atoms with Gasteiger partial charge in [-0.1, -0.05) is 6.92 Å². The van der Waals surface area contributed by atoms with Crippen LogP contribution < -0.4 is 5.32 Å². The predicted octanol–water partition coefficient (Wildman–Crippen LogP) is -0.196. The number of nitrogens with one attached hydrogen (secondary N) is 1. The van der Waals surface area contributed by atoms with Crippen molar-refractivity contribution in [3.63, 3.8) is 0 Å². The van der Waals surface area contributed by atoms with Gasteiger partial charge in [0.15, 0.2) is 0 Å².